The van der Waals surface area contributed by atoms with Crippen molar-refractivity contribution in [2.45, 2.75) is 23.9 Å². The Morgan fingerprint density at radius 2 is 1.96 bits per heavy atom. The molecule has 0 radical (unpaired) electrons. The van der Waals surface area contributed by atoms with Crippen LogP contribution in [0.3, 0.4) is 0 Å². The molecule has 0 aliphatic carbocycles. The Bertz CT molecular complexity index is 940. The second-order valence-electron chi connectivity index (χ2n) is 5.60. The maximum Gasteiger partial charge on any atom is 0.416 e. The molecule has 0 bridgehead atoms. The molecule has 0 saturated heterocycles. The Hall–Kier alpha value is -2.81. The van der Waals surface area contributed by atoms with Gasteiger partial charge >= 0.3 is 6.18 Å². The number of nitrogens with zero attached hydrogens (tertiary/aromatic N) is 2. The van der Waals surface area contributed by atoms with Crippen molar-refractivity contribution in [1.29, 1.82) is 0 Å². The number of hydrogen-bond donors (Lipinski definition) is 1. The van der Waals surface area contributed by atoms with E-state index in [2.05, 4.69) is 15.5 Å². The van der Waals surface area contributed by atoms with Gasteiger partial charge < -0.3 is 9.84 Å². The van der Waals surface area contributed by atoms with Crippen molar-refractivity contribution < 1.29 is 22.5 Å². The van der Waals surface area contributed by atoms with Crippen molar-refractivity contribution in [3.63, 3.8) is 0 Å². The molecule has 0 unspecified atom stereocenters. The summed E-state index contributed by atoms with van der Waals surface area (Å²) in [6.45, 7) is 1.78. The fourth-order valence-corrected chi connectivity index (χ4v) is 3.12. The van der Waals surface area contributed by atoms with Crippen LogP contribution < -0.4 is 5.32 Å². The van der Waals surface area contributed by atoms with Crippen LogP contribution in [0.4, 0.5) is 18.9 Å². The molecular formula is C18H14F3N3O2S. The van der Waals surface area contributed by atoms with Gasteiger partial charge in [0.15, 0.2) is 0 Å². The molecule has 5 nitrogen and oxygen atoms in total. The second kappa shape index (κ2) is 7.83. The normalized spacial score (nSPS) is 11.4. The number of alkyl halides is 3. The third-order valence-electron chi connectivity index (χ3n) is 3.52. The Morgan fingerprint density at radius 3 is 2.59 bits per heavy atom. The third-order valence-corrected chi connectivity index (χ3v) is 4.56. The summed E-state index contributed by atoms with van der Waals surface area (Å²) >= 11 is 1.31. The summed E-state index contributed by atoms with van der Waals surface area (Å²) in [5.74, 6) is 0.697. The zero-order valence-corrected chi connectivity index (χ0v) is 14.9. The number of nitrogens with one attached hydrogen (secondary N) is 1. The fraction of sp³-hybridized carbons (Fsp3) is 0.167. The molecule has 1 aromatic carbocycles. The van der Waals surface area contributed by atoms with Crippen molar-refractivity contribution in [3.05, 3.63) is 71.2 Å². The maximum atomic E-state index is 12.6. The van der Waals surface area contributed by atoms with Crippen LogP contribution in [0.5, 0.6) is 0 Å². The molecule has 2 heterocycles. The first-order valence-corrected chi connectivity index (χ1v) is 8.80. The molecule has 0 aliphatic rings. The minimum atomic E-state index is -4.42. The zero-order chi connectivity index (χ0) is 19.4. The molecule has 1 amide bonds. The quantitative estimate of drug-likeness (QED) is 0.622. The first-order chi connectivity index (χ1) is 12.8. The molecule has 3 rings (SSSR count). The first kappa shape index (κ1) is 19.0. The van der Waals surface area contributed by atoms with Crippen molar-refractivity contribution >= 4 is 23.4 Å². The fourth-order valence-electron chi connectivity index (χ4n) is 2.25. The third kappa shape index (κ3) is 4.88. The maximum absolute atomic E-state index is 12.6. The van der Waals surface area contributed by atoms with Crippen LogP contribution in [0.25, 0.3) is 0 Å². The number of amides is 1. The van der Waals surface area contributed by atoms with Crippen LogP contribution in [0.2, 0.25) is 0 Å². The van der Waals surface area contributed by atoms with E-state index in [0.717, 1.165) is 17.8 Å². The van der Waals surface area contributed by atoms with Crippen molar-refractivity contribution in [1.82, 2.24) is 10.1 Å². The molecule has 140 valence electrons. The molecule has 1 N–H and O–H groups in total. The van der Waals surface area contributed by atoms with Crippen LogP contribution in [0.1, 0.15) is 27.4 Å². The molecule has 2 aromatic heterocycles. The lowest BCUT2D eigenvalue weighted by Crippen LogP contribution is -2.14. The summed E-state index contributed by atoms with van der Waals surface area (Å²) < 4.78 is 42.8. The van der Waals surface area contributed by atoms with Gasteiger partial charge in [0.2, 0.25) is 0 Å². The van der Waals surface area contributed by atoms with Gasteiger partial charge in [-0.05, 0) is 43.3 Å². The monoisotopic (exact) mass is 393 g/mol. The van der Waals surface area contributed by atoms with E-state index >= 15 is 0 Å². The summed E-state index contributed by atoms with van der Waals surface area (Å²) in [7, 11) is 0. The summed E-state index contributed by atoms with van der Waals surface area (Å²) in [5, 5.41) is 6.96. The number of halogens is 3. The zero-order valence-electron chi connectivity index (χ0n) is 14.1. The number of pyridine rings is 1. The van der Waals surface area contributed by atoms with E-state index in [1.54, 1.807) is 31.3 Å². The number of benzene rings is 1. The van der Waals surface area contributed by atoms with Crippen LogP contribution in [0.15, 0.2) is 58.2 Å². The molecule has 0 saturated carbocycles. The average molecular weight is 393 g/mol. The molecule has 9 heteroatoms. The largest absolute Gasteiger partial charge is 0.416 e. The van der Waals surface area contributed by atoms with Crippen molar-refractivity contribution in [3.8, 4) is 0 Å². The number of rotatable bonds is 5. The van der Waals surface area contributed by atoms with E-state index < -0.39 is 17.6 Å². The molecule has 3 aromatic rings. The van der Waals surface area contributed by atoms with Gasteiger partial charge in [-0.1, -0.05) is 16.9 Å². The van der Waals surface area contributed by atoms with Crippen molar-refractivity contribution in [2.24, 2.45) is 0 Å². The Kier molecular flexibility index (Phi) is 5.50. The van der Waals surface area contributed by atoms with Crippen molar-refractivity contribution in [2.75, 3.05) is 5.32 Å². The highest BCUT2D eigenvalue weighted by molar-refractivity contribution is 7.98. The highest BCUT2D eigenvalue weighted by Crippen LogP contribution is 2.30. The van der Waals surface area contributed by atoms with E-state index in [-0.39, 0.29) is 5.69 Å². The number of carbonyl (C=O) groups excluding carboxylic acids is 1. The summed E-state index contributed by atoms with van der Waals surface area (Å²) in [4.78, 5) is 16.7. The Balaban J connectivity index is 1.71. The first-order valence-electron chi connectivity index (χ1n) is 7.81. The Morgan fingerprint density at radius 1 is 1.22 bits per heavy atom. The molecule has 0 spiro atoms. The minimum Gasteiger partial charge on any atom is -0.361 e. The topological polar surface area (TPSA) is 68.0 Å². The highest BCUT2D eigenvalue weighted by atomic mass is 32.2. The lowest BCUT2D eigenvalue weighted by molar-refractivity contribution is -0.137. The number of aromatic nitrogens is 2. The van der Waals surface area contributed by atoms with Gasteiger partial charge in [-0.3, -0.25) is 4.79 Å². The highest BCUT2D eigenvalue weighted by Gasteiger charge is 2.30. The summed E-state index contributed by atoms with van der Waals surface area (Å²) in [5.41, 5.74) is 0.529. The average Bonchev–Trinajstić information content (AvgIpc) is 3.05. The minimum absolute atomic E-state index is 0.264. The van der Waals surface area contributed by atoms with E-state index in [4.69, 9.17) is 4.52 Å². The predicted octanol–water partition coefficient (Wildman–Crippen LogP) is 4.94. The standard InChI is InChI=1S/C18H14F3N3O2S/c1-11-9-14(24-26-11)10-27-17-15(3-2-8-22-17)16(25)23-13-6-4-12(5-7-13)18(19,20)21/h2-9H,10H2,1H3,(H,23,25). The number of aryl methyl sites for hydroxylation is 1. The van der Waals surface area contributed by atoms with Gasteiger partial charge in [0.1, 0.15) is 10.8 Å². The number of anilines is 1. The van der Waals surface area contributed by atoms with E-state index in [1.807, 2.05) is 0 Å². The number of hydrogen-bond acceptors (Lipinski definition) is 5. The van der Waals surface area contributed by atoms with Gasteiger partial charge in [0, 0.05) is 23.7 Å². The predicted molar refractivity (Wildman–Crippen MR) is 94.4 cm³/mol. The smallest absolute Gasteiger partial charge is 0.361 e. The van der Waals surface area contributed by atoms with E-state index in [0.29, 0.717) is 22.1 Å². The van der Waals surface area contributed by atoms with Gasteiger partial charge in [-0.15, -0.1) is 0 Å². The van der Waals surface area contributed by atoms with Gasteiger partial charge in [0.25, 0.3) is 5.91 Å². The summed E-state index contributed by atoms with van der Waals surface area (Å²) in [6, 6.07) is 9.26. The van der Waals surface area contributed by atoms with Gasteiger partial charge in [0.05, 0.1) is 16.8 Å². The second-order valence-corrected chi connectivity index (χ2v) is 6.57. The SMILES string of the molecule is Cc1cc(CSc2ncccc2C(=O)Nc2ccc(C(F)(F)F)cc2)no1. The number of thioether (sulfide) groups is 1. The number of carbonyl (C=O) groups is 1. The lowest BCUT2D eigenvalue weighted by atomic mass is 10.2. The molecule has 0 atom stereocenters. The van der Waals surface area contributed by atoms with Crippen LogP contribution in [0, 0.1) is 6.92 Å². The molecule has 0 aliphatic heterocycles. The van der Waals surface area contributed by atoms with E-state index in [9.17, 15) is 18.0 Å². The van der Waals surface area contributed by atoms with E-state index in [1.165, 1.54) is 23.9 Å². The van der Waals surface area contributed by atoms with Crippen LogP contribution >= 0.6 is 11.8 Å². The van der Waals surface area contributed by atoms with Gasteiger partial charge in [-0.2, -0.15) is 13.2 Å². The summed E-state index contributed by atoms with van der Waals surface area (Å²) in [6.07, 6.45) is -2.86. The van der Waals surface area contributed by atoms with Crippen LogP contribution in [-0.2, 0) is 11.9 Å². The van der Waals surface area contributed by atoms with Gasteiger partial charge in [-0.25, -0.2) is 4.98 Å². The molecule has 27 heavy (non-hydrogen) atoms. The van der Waals surface area contributed by atoms with Crippen LogP contribution in [-0.4, -0.2) is 16.0 Å². The Labute approximate surface area is 157 Å². The molecule has 0 fully saturated rings. The molecular weight excluding hydrogens is 379 g/mol. The lowest BCUT2D eigenvalue weighted by Gasteiger charge is -2.10.